The molecule has 0 unspecified atom stereocenters. The third-order valence-corrected chi connectivity index (χ3v) is 9.58. The zero-order valence-electron chi connectivity index (χ0n) is 21.2. The van der Waals surface area contributed by atoms with Gasteiger partial charge in [0.25, 0.3) is 5.56 Å². The monoisotopic (exact) mass is 552 g/mol. The van der Waals surface area contributed by atoms with Crippen LogP contribution >= 0.6 is 0 Å². The number of nitrogens with zero attached hydrogens (tertiary/aromatic N) is 2. The molecule has 0 aliphatic carbocycles. The van der Waals surface area contributed by atoms with Crippen LogP contribution in [0.3, 0.4) is 0 Å². The van der Waals surface area contributed by atoms with Crippen molar-refractivity contribution in [3.8, 4) is 5.75 Å². The molecule has 12 nitrogen and oxygen atoms in total. The van der Waals surface area contributed by atoms with E-state index in [0.717, 1.165) is 6.21 Å². The zero-order chi connectivity index (χ0) is 27.9. The predicted octanol–water partition coefficient (Wildman–Crippen LogP) is 1.38. The van der Waals surface area contributed by atoms with Crippen molar-refractivity contribution in [2.75, 3.05) is 31.6 Å². The number of carbonyl (C=O) groups excluding carboxylic acids is 1. The Bertz CT molecular complexity index is 1730. The molecule has 39 heavy (non-hydrogen) atoms. The van der Waals surface area contributed by atoms with Gasteiger partial charge in [-0.15, -0.1) is 0 Å². The van der Waals surface area contributed by atoms with E-state index in [1.807, 2.05) is 0 Å². The molecule has 0 atom stereocenters. The van der Waals surface area contributed by atoms with Crippen molar-refractivity contribution in [3.05, 3.63) is 69.0 Å². The van der Waals surface area contributed by atoms with Crippen LogP contribution in [-0.4, -0.2) is 61.6 Å². The molecule has 1 amide bonds. The Balaban J connectivity index is 1.35. The SMILES string of the molecule is COc1cc(N2CCC3(CCN(S(=O)(=O)c4ccc5[nH]c(=O)[nH]c(=O)c5c4)CC3)C2=O)ccc1/C(C=N)=C/N. The first-order chi connectivity index (χ1) is 18.6. The van der Waals surface area contributed by atoms with Gasteiger partial charge in [-0.2, -0.15) is 4.31 Å². The minimum Gasteiger partial charge on any atom is -0.496 e. The topological polar surface area (TPSA) is 183 Å². The lowest BCUT2D eigenvalue weighted by Gasteiger charge is -2.37. The van der Waals surface area contributed by atoms with Crippen LogP contribution in [0.25, 0.3) is 16.5 Å². The molecular weight excluding hydrogens is 524 g/mol. The minimum atomic E-state index is -3.92. The van der Waals surface area contributed by atoms with Gasteiger partial charge in [-0.05, 0) is 49.6 Å². The Morgan fingerprint density at radius 1 is 1.05 bits per heavy atom. The average Bonchev–Trinajstić information content (AvgIpc) is 3.24. The Morgan fingerprint density at radius 3 is 2.44 bits per heavy atom. The highest BCUT2D eigenvalue weighted by molar-refractivity contribution is 7.89. The quantitative estimate of drug-likeness (QED) is 0.333. The second-order valence-electron chi connectivity index (χ2n) is 9.66. The van der Waals surface area contributed by atoms with Gasteiger partial charge in [0.2, 0.25) is 15.9 Å². The molecule has 13 heteroatoms. The molecule has 0 saturated carbocycles. The van der Waals surface area contributed by atoms with E-state index in [1.54, 1.807) is 23.1 Å². The number of piperidine rings is 1. The van der Waals surface area contributed by atoms with E-state index in [4.69, 9.17) is 15.9 Å². The summed E-state index contributed by atoms with van der Waals surface area (Å²) in [6.45, 7) is 0.812. The fourth-order valence-corrected chi connectivity index (χ4v) is 6.91. The normalized spacial score (nSPS) is 18.1. The van der Waals surface area contributed by atoms with Crippen LogP contribution in [0.5, 0.6) is 5.75 Å². The summed E-state index contributed by atoms with van der Waals surface area (Å²) in [5.41, 5.74) is 5.64. The van der Waals surface area contributed by atoms with Crippen molar-refractivity contribution >= 4 is 44.3 Å². The number of hydrogen-bond donors (Lipinski definition) is 4. The molecule has 2 aliphatic rings. The summed E-state index contributed by atoms with van der Waals surface area (Å²) in [4.78, 5) is 43.5. The molecule has 1 spiro atoms. The summed E-state index contributed by atoms with van der Waals surface area (Å²) >= 11 is 0. The van der Waals surface area contributed by atoms with Crippen LogP contribution in [0.2, 0.25) is 0 Å². The number of fused-ring (bicyclic) bond motifs is 1. The Kier molecular flexibility index (Phi) is 6.64. The third kappa shape index (κ3) is 4.42. The van der Waals surface area contributed by atoms with Gasteiger partial charge >= 0.3 is 5.69 Å². The summed E-state index contributed by atoms with van der Waals surface area (Å²) in [5.74, 6) is 0.429. The van der Waals surface area contributed by atoms with E-state index in [-0.39, 0.29) is 34.8 Å². The molecule has 2 saturated heterocycles. The molecular formula is C26H28N6O6S. The number of anilines is 1. The van der Waals surface area contributed by atoms with Gasteiger partial charge in [-0.25, -0.2) is 13.2 Å². The summed E-state index contributed by atoms with van der Waals surface area (Å²) in [6.07, 6.45) is 3.78. The standard InChI is InChI=1S/C26H28N6O6S/c1-38-22-12-17(2-4-19(22)16(14-27)15-28)32-11-8-26(24(32)34)6-9-31(10-7-26)39(36,37)18-3-5-21-20(13-18)23(33)30-25(35)29-21/h2-5,12-15,27H,6-11,28H2,1H3,(H2,29,30,33,35)/b16-15+,27-14?. The lowest BCUT2D eigenvalue weighted by Crippen LogP contribution is -2.46. The van der Waals surface area contributed by atoms with Crippen molar-refractivity contribution in [1.82, 2.24) is 14.3 Å². The highest BCUT2D eigenvalue weighted by Crippen LogP contribution is 2.44. The molecule has 5 N–H and O–H groups in total. The lowest BCUT2D eigenvalue weighted by molar-refractivity contribution is -0.127. The van der Waals surface area contributed by atoms with Crippen molar-refractivity contribution in [1.29, 1.82) is 5.41 Å². The smallest absolute Gasteiger partial charge is 0.326 e. The number of sulfonamides is 1. The number of carbonyl (C=O) groups is 1. The lowest BCUT2D eigenvalue weighted by atomic mass is 9.77. The molecule has 3 heterocycles. The summed E-state index contributed by atoms with van der Waals surface area (Å²) in [6, 6.07) is 9.31. The van der Waals surface area contributed by atoms with Gasteiger partial charge < -0.3 is 25.8 Å². The molecule has 3 aromatic rings. The molecule has 0 radical (unpaired) electrons. The number of aromatic amines is 2. The van der Waals surface area contributed by atoms with E-state index in [1.165, 1.54) is 35.8 Å². The van der Waals surface area contributed by atoms with Crippen LogP contribution in [0.1, 0.15) is 24.8 Å². The van der Waals surface area contributed by atoms with Gasteiger partial charge in [-0.1, -0.05) is 0 Å². The van der Waals surface area contributed by atoms with Crippen LogP contribution in [0.4, 0.5) is 5.69 Å². The van der Waals surface area contributed by atoms with Crippen molar-refractivity contribution in [2.24, 2.45) is 11.1 Å². The van der Waals surface area contributed by atoms with E-state index >= 15 is 0 Å². The first-order valence-electron chi connectivity index (χ1n) is 12.3. The number of H-pyrrole nitrogens is 2. The number of methoxy groups -OCH3 is 1. The van der Waals surface area contributed by atoms with E-state index in [0.29, 0.717) is 48.4 Å². The fraction of sp³-hybridized carbons (Fsp3) is 0.308. The van der Waals surface area contributed by atoms with E-state index in [2.05, 4.69) is 9.97 Å². The summed E-state index contributed by atoms with van der Waals surface area (Å²) in [5, 5.41) is 7.62. The Hall–Kier alpha value is -4.23. The summed E-state index contributed by atoms with van der Waals surface area (Å²) in [7, 11) is -2.41. The van der Waals surface area contributed by atoms with Gasteiger partial charge in [0, 0.05) is 54.9 Å². The molecule has 5 rings (SSSR count). The molecule has 1 aromatic heterocycles. The summed E-state index contributed by atoms with van der Waals surface area (Å²) < 4.78 is 33.6. The van der Waals surface area contributed by atoms with Crippen molar-refractivity contribution in [3.63, 3.8) is 0 Å². The van der Waals surface area contributed by atoms with Gasteiger partial charge in [0.05, 0.1) is 28.3 Å². The molecule has 2 aromatic carbocycles. The molecule has 0 bridgehead atoms. The predicted molar refractivity (Wildman–Crippen MR) is 147 cm³/mol. The first-order valence-corrected chi connectivity index (χ1v) is 13.8. The fourth-order valence-electron chi connectivity index (χ4n) is 5.44. The maximum absolute atomic E-state index is 13.6. The van der Waals surface area contributed by atoms with Gasteiger partial charge in [0.15, 0.2) is 0 Å². The van der Waals surface area contributed by atoms with Crippen LogP contribution in [0.15, 0.2) is 57.1 Å². The molecule has 2 aliphatic heterocycles. The van der Waals surface area contributed by atoms with Crippen LogP contribution in [-0.2, 0) is 14.8 Å². The highest BCUT2D eigenvalue weighted by Gasteiger charge is 2.50. The third-order valence-electron chi connectivity index (χ3n) is 7.68. The maximum atomic E-state index is 13.6. The van der Waals surface area contributed by atoms with Crippen molar-refractivity contribution in [2.45, 2.75) is 24.2 Å². The number of hydrogen-bond acceptors (Lipinski definition) is 8. The Labute approximate surface area is 223 Å². The number of aromatic nitrogens is 2. The van der Waals surface area contributed by atoms with E-state index in [9.17, 15) is 22.8 Å². The molecule has 204 valence electrons. The number of allylic oxidation sites excluding steroid dienone is 1. The van der Waals surface area contributed by atoms with Crippen molar-refractivity contribution < 1.29 is 17.9 Å². The number of benzene rings is 2. The van der Waals surface area contributed by atoms with Gasteiger partial charge in [0.1, 0.15) is 5.75 Å². The second-order valence-corrected chi connectivity index (χ2v) is 11.6. The number of amides is 1. The number of ether oxygens (including phenoxy) is 1. The highest BCUT2D eigenvalue weighted by atomic mass is 32.2. The first kappa shape index (κ1) is 26.4. The zero-order valence-corrected chi connectivity index (χ0v) is 22.0. The average molecular weight is 553 g/mol. The minimum absolute atomic E-state index is 0.0501. The maximum Gasteiger partial charge on any atom is 0.326 e. The number of rotatable bonds is 6. The second kappa shape index (κ2) is 9.82. The number of nitrogens with one attached hydrogen (secondary N) is 3. The Morgan fingerprint density at radius 2 is 1.77 bits per heavy atom. The number of nitrogens with two attached hydrogens (primary N) is 1. The van der Waals surface area contributed by atoms with Gasteiger partial charge in [-0.3, -0.25) is 14.6 Å². The largest absolute Gasteiger partial charge is 0.496 e. The van der Waals surface area contributed by atoms with E-state index < -0.39 is 26.7 Å². The van der Waals surface area contributed by atoms with Crippen LogP contribution < -0.4 is 26.6 Å². The van der Waals surface area contributed by atoms with Crippen LogP contribution in [0, 0.1) is 10.8 Å². The molecule has 2 fully saturated rings.